The molecule has 2 aromatic heterocycles. The molecule has 14 rings (SSSR count). The Morgan fingerprint density at radius 3 is 1.27 bits per heavy atom. The third-order valence-electron chi connectivity index (χ3n) is 13.2. The monoisotopic (exact) mass is 776 g/mol. The molecule has 0 unspecified atom stereocenters. The second kappa shape index (κ2) is 12.0. The molecule has 0 aliphatic carbocycles. The summed E-state index contributed by atoms with van der Waals surface area (Å²) in [5, 5.41) is 22.6. The highest BCUT2D eigenvalue weighted by Crippen LogP contribution is 2.46. The van der Waals surface area contributed by atoms with E-state index >= 15 is 0 Å². The van der Waals surface area contributed by atoms with Gasteiger partial charge in [0.05, 0.1) is 0 Å². The highest BCUT2D eigenvalue weighted by molar-refractivity contribution is 7.25. The molecular formula is C58H32OS. The highest BCUT2D eigenvalue weighted by Gasteiger charge is 2.19. The maximum absolute atomic E-state index is 6.69. The predicted molar refractivity (Wildman–Crippen MR) is 260 cm³/mol. The molecule has 0 aliphatic heterocycles. The van der Waals surface area contributed by atoms with Crippen molar-refractivity contribution in [3.63, 3.8) is 0 Å². The van der Waals surface area contributed by atoms with Crippen molar-refractivity contribution in [3.05, 3.63) is 194 Å². The van der Waals surface area contributed by atoms with Gasteiger partial charge in [-0.15, -0.1) is 11.3 Å². The fourth-order valence-electron chi connectivity index (χ4n) is 10.4. The fraction of sp³-hybridized carbons (Fsp3) is 0. The number of benzene rings is 12. The summed E-state index contributed by atoms with van der Waals surface area (Å²) < 4.78 is 9.30. The summed E-state index contributed by atoms with van der Waals surface area (Å²) in [6.07, 6.45) is 0. The Balaban J connectivity index is 0.954. The Bertz CT molecular complexity index is 4150. The molecule has 0 amide bonds. The van der Waals surface area contributed by atoms with Gasteiger partial charge in [-0.2, -0.15) is 0 Å². The predicted octanol–water partition coefficient (Wildman–Crippen LogP) is 17.4. The van der Waals surface area contributed by atoms with Crippen LogP contribution in [0.3, 0.4) is 0 Å². The van der Waals surface area contributed by atoms with Crippen molar-refractivity contribution in [1.82, 2.24) is 0 Å². The van der Waals surface area contributed by atoms with E-state index in [1.54, 1.807) is 0 Å². The Kier molecular flexibility index (Phi) is 6.50. The van der Waals surface area contributed by atoms with Crippen molar-refractivity contribution in [2.45, 2.75) is 0 Å². The third-order valence-corrected chi connectivity index (χ3v) is 14.4. The molecule has 0 saturated carbocycles. The fourth-order valence-corrected chi connectivity index (χ4v) is 11.5. The summed E-state index contributed by atoms with van der Waals surface area (Å²) in [5.74, 6) is 0. The molecule has 2 heterocycles. The van der Waals surface area contributed by atoms with Gasteiger partial charge in [-0.25, -0.2) is 0 Å². The van der Waals surface area contributed by atoms with Crippen LogP contribution < -0.4 is 0 Å². The van der Waals surface area contributed by atoms with Gasteiger partial charge in [0.15, 0.2) is 0 Å². The third kappa shape index (κ3) is 4.46. The molecule has 0 spiro atoms. The van der Waals surface area contributed by atoms with Gasteiger partial charge in [-0.3, -0.25) is 0 Å². The van der Waals surface area contributed by atoms with Gasteiger partial charge in [-0.05, 0) is 141 Å². The van der Waals surface area contributed by atoms with Gasteiger partial charge in [-0.1, -0.05) is 140 Å². The van der Waals surface area contributed by atoms with Crippen molar-refractivity contribution >= 4 is 129 Å². The maximum atomic E-state index is 6.69. The second-order valence-electron chi connectivity index (χ2n) is 16.3. The molecule has 0 atom stereocenters. The number of furan rings is 1. The van der Waals surface area contributed by atoms with Gasteiger partial charge in [0.2, 0.25) is 0 Å². The summed E-state index contributed by atoms with van der Waals surface area (Å²) in [5.41, 5.74) is 6.79. The average molecular weight is 777 g/mol. The van der Waals surface area contributed by atoms with E-state index in [2.05, 4.69) is 194 Å². The molecule has 2 heteroatoms. The lowest BCUT2D eigenvalue weighted by atomic mass is 9.89. The van der Waals surface area contributed by atoms with Crippen molar-refractivity contribution in [1.29, 1.82) is 0 Å². The lowest BCUT2D eigenvalue weighted by Crippen LogP contribution is -1.86. The van der Waals surface area contributed by atoms with Crippen LogP contribution in [-0.2, 0) is 0 Å². The first-order valence-corrected chi connectivity index (χ1v) is 21.5. The average Bonchev–Trinajstić information content (AvgIpc) is 3.89. The molecule has 14 aromatic rings. The van der Waals surface area contributed by atoms with E-state index < -0.39 is 0 Å². The minimum atomic E-state index is 0.925. The van der Waals surface area contributed by atoms with Gasteiger partial charge >= 0.3 is 0 Å². The smallest absolute Gasteiger partial charge is 0.143 e. The van der Waals surface area contributed by atoms with Crippen molar-refractivity contribution < 1.29 is 4.42 Å². The zero-order chi connectivity index (χ0) is 39.1. The van der Waals surface area contributed by atoms with Gasteiger partial charge in [0.25, 0.3) is 0 Å². The van der Waals surface area contributed by atoms with Crippen molar-refractivity contribution in [2.75, 3.05) is 0 Å². The highest BCUT2D eigenvalue weighted by atomic mass is 32.1. The summed E-state index contributed by atoms with van der Waals surface area (Å²) in [6, 6.07) is 72.1. The van der Waals surface area contributed by atoms with Crippen LogP contribution in [0.15, 0.2) is 199 Å². The number of rotatable bonds is 2. The summed E-state index contributed by atoms with van der Waals surface area (Å²) in [6.45, 7) is 0. The molecule has 60 heavy (non-hydrogen) atoms. The zero-order valence-corrected chi connectivity index (χ0v) is 33.1. The van der Waals surface area contributed by atoms with Gasteiger partial charge in [0.1, 0.15) is 11.2 Å². The van der Waals surface area contributed by atoms with Crippen LogP contribution in [0.4, 0.5) is 0 Å². The standard InChI is InChI=1S/C58H32OS/c1-2-10-38-33(9-1)17-24-48-57-53(59-58(38)48)26-25-46-42-14-6-8-16-44(42)50-30-35(19-23-47(50)56(46)57)37-21-28-55-52(32-37)51-31-36(20-27-54(51)60-55)34-18-22-45-41-13-4-3-11-39(41)40-12-5-7-15-43(40)49(45)29-34/h1-32H. The Morgan fingerprint density at radius 1 is 0.267 bits per heavy atom. The quantitative estimate of drug-likeness (QED) is 0.159. The Hall–Kier alpha value is -7.52. The molecule has 0 N–H and O–H groups in total. The summed E-state index contributed by atoms with van der Waals surface area (Å²) in [4.78, 5) is 0. The minimum Gasteiger partial charge on any atom is -0.455 e. The van der Waals surface area contributed by atoms with E-state index in [0.29, 0.717) is 0 Å². The topological polar surface area (TPSA) is 13.1 Å². The van der Waals surface area contributed by atoms with Crippen LogP contribution in [0.25, 0.3) is 140 Å². The summed E-state index contributed by atoms with van der Waals surface area (Å²) >= 11 is 1.88. The summed E-state index contributed by atoms with van der Waals surface area (Å²) in [7, 11) is 0. The normalized spacial score (nSPS) is 12.3. The van der Waals surface area contributed by atoms with E-state index in [1.807, 2.05) is 11.3 Å². The van der Waals surface area contributed by atoms with Crippen LogP contribution in [0.5, 0.6) is 0 Å². The molecule has 0 fully saturated rings. The van der Waals surface area contributed by atoms with Crippen LogP contribution >= 0.6 is 11.3 Å². The van der Waals surface area contributed by atoms with Crippen LogP contribution in [0.1, 0.15) is 0 Å². The first-order chi connectivity index (χ1) is 29.7. The van der Waals surface area contributed by atoms with E-state index in [0.717, 1.165) is 21.9 Å². The SMILES string of the molecule is c1ccc2c(c1)ccc1c2oc2ccc3c4ccccc4c4cc(-c5ccc6sc7ccc(-c8ccc9c%10ccccc%10c%10ccccc%10c9c8)cc7c6c5)ccc4c3c21. The van der Waals surface area contributed by atoms with E-state index in [-0.39, 0.29) is 0 Å². The molecule has 1 nitrogen and oxygen atoms in total. The van der Waals surface area contributed by atoms with E-state index in [9.17, 15) is 0 Å². The lowest BCUT2D eigenvalue weighted by Gasteiger charge is -2.13. The maximum Gasteiger partial charge on any atom is 0.143 e. The minimum absolute atomic E-state index is 0.925. The van der Waals surface area contributed by atoms with Gasteiger partial charge in [0, 0.05) is 41.7 Å². The van der Waals surface area contributed by atoms with E-state index in [1.165, 1.54) is 118 Å². The van der Waals surface area contributed by atoms with Crippen LogP contribution in [-0.4, -0.2) is 0 Å². The molecule has 0 radical (unpaired) electrons. The molecule has 0 bridgehead atoms. The first kappa shape index (κ1) is 32.4. The molecule has 0 saturated heterocycles. The largest absolute Gasteiger partial charge is 0.455 e. The van der Waals surface area contributed by atoms with Crippen molar-refractivity contribution in [2.24, 2.45) is 0 Å². The molecule has 276 valence electrons. The Labute approximate surface area is 347 Å². The second-order valence-corrected chi connectivity index (χ2v) is 17.4. The van der Waals surface area contributed by atoms with Gasteiger partial charge < -0.3 is 4.42 Å². The molecule has 0 aliphatic rings. The number of hydrogen-bond donors (Lipinski definition) is 0. The molecular weight excluding hydrogens is 745 g/mol. The lowest BCUT2D eigenvalue weighted by molar-refractivity contribution is 0.673. The number of fused-ring (bicyclic) bond motifs is 21. The number of hydrogen-bond acceptors (Lipinski definition) is 2. The first-order valence-electron chi connectivity index (χ1n) is 20.6. The van der Waals surface area contributed by atoms with E-state index in [4.69, 9.17) is 4.42 Å². The van der Waals surface area contributed by atoms with Crippen LogP contribution in [0, 0.1) is 0 Å². The van der Waals surface area contributed by atoms with Crippen LogP contribution in [0.2, 0.25) is 0 Å². The number of thiophene rings is 1. The Morgan fingerprint density at radius 2 is 0.667 bits per heavy atom. The molecule has 12 aromatic carbocycles. The zero-order valence-electron chi connectivity index (χ0n) is 32.3. The van der Waals surface area contributed by atoms with Crippen molar-refractivity contribution in [3.8, 4) is 22.3 Å².